The van der Waals surface area contributed by atoms with Crippen molar-refractivity contribution in [3.63, 3.8) is 0 Å². The number of nitrogens with zero attached hydrogens (tertiary/aromatic N) is 3. The number of carbonyl (C=O) groups is 1. The van der Waals surface area contributed by atoms with Crippen LogP contribution >= 0.6 is 11.6 Å². The number of hydrogen-bond acceptors (Lipinski definition) is 3. The Kier molecular flexibility index (Phi) is 4.12. The standard InChI is InChI=1S/C17H15ClN4O/c1-11-8-12(2)22(21-11)16-7-6-13(10-19-16)17(23)20-15-5-3-4-14(18)9-15/h3-10H,1-2H3,(H,20,23). The van der Waals surface area contributed by atoms with Crippen molar-refractivity contribution in [2.24, 2.45) is 0 Å². The maximum atomic E-state index is 12.2. The van der Waals surface area contributed by atoms with Gasteiger partial charge in [-0.1, -0.05) is 17.7 Å². The molecule has 0 fully saturated rings. The van der Waals surface area contributed by atoms with Gasteiger partial charge in [0.1, 0.15) is 0 Å². The summed E-state index contributed by atoms with van der Waals surface area (Å²) < 4.78 is 1.74. The van der Waals surface area contributed by atoms with Crippen LogP contribution in [-0.2, 0) is 0 Å². The van der Waals surface area contributed by atoms with Crippen LogP contribution in [0, 0.1) is 13.8 Å². The second kappa shape index (κ2) is 6.22. The van der Waals surface area contributed by atoms with Gasteiger partial charge in [0.05, 0.1) is 11.3 Å². The zero-order chi connectivity index (χ0) is 16.4. The number of aromatic nitrogens is 3. The first kappa shape index (κ1) is 15.2. The van der Waals surface area contributed by atoms with E-state index in [1.165, 1.54) is 6.20 Å². The summed E-state index contributed by atoms with van der Waals surface area (Å²) in [4.78, 5) is 16.5. The first-order valence-electron chi connectivity index (χ1n) is 7.09. The normalized spacial score (nSPS) is 10.6. The van der Waals surface area contributed by atoms with Crippen LogP contribution in [-0.4, -0.2) is 20.7 Å². The molecule has 0 aliphatic carbocycles. The van der Waals surface area contributed by atoms with Crippen molar-refractivity contribution in [3.8, 4) is 5.82 Å². The molecule has 0 aliphatic rings. The summed E-state index contributed by atoms with van der Waals surface area (Å²) in [5.41, 5.74) is 3.03. The summed E-state index contributed by atoms with van der Waals surface area (Å²) in [7, 11) is 0. The Bertz CT molecular complexity index is 855. The molecule has 0 saturated heterocycles. The molecule has 2 heterocycles. The van der Waals surface area contributed by atoms with Gasteiger partial charge in [0.25, 0.3) is 5.91 Å². The van der Waals surface area contributed by atoms with Crippen LogP contribution in [0.2, 0.25) is 5.02 Å². The van der Waals surface area contributed by atoms with E-state index in [0.717, 1.165) is 11.4 Å². The predicted octanol–water partition coefficient (Wildman–Crippen LogP) is 3.79. The molecule has 0 spiro atoms. The lowest BCUT2D eigenvalue weighted by molar-refractivity contribution is 0.102. The molecule has 23 heavy (non-hydrogen) atoms. The maximum absolute atomic E-state index is 12.2. The lowest BCUT2D eigenvalue weighted by Gasteiger charge is -2.07. The van der Waals surface area contributed by atoms with Gasteiger partial charge in [-0.3, -0.25) is 4.79 Å². The molecule has 116 valence electrons. The van der Waals surface area contributed by atoms with Gasteiger partial charge < -0.3 is 5.32 Å². The molecular formula is C17H15ClN4O. The molecule has 0 unspecified atom stereocenters. The largest absolute Gasteiger partial charge is 0.322 e. The molecule has 2 aromatic heterocycles. The predicted molar refractivity (Wildman–Crippen MR) is 90.2 cm³/mol. The number of rotatable bonds is 3. The van der Waals surface area contributed by atoms with E-state index in [1.807, 2.05) is 19.9 Å². The minimum Gasteiger partial charge on any atom is -0.322 e. The molecule has 5 nitrogen and oxygen atoms in total. The zero-order valence-electron chi connectivity index (χ0n) is 12.7. The van der Waals surface area contributed by atoms with E-state index in [-0.39, 0.29) is 5.91 Å². The van der Waals surface area contributed by atoms with Gasteiger partial charge in [-0.25, -0.2) is 9.67 Å². The number of hydrogen-bond donors (Lipinski definition) is 1. The van der Waals surface area contributed by atoms with Crippen molar-refractivity contribution in [3.05, 3.63) is 70.6 Å². The number of halogens is 1. The van der Waals surface area contributed by atoms with Gasteiger partial charge >= 0.3 is 0 Å². The summed E-state index contributed by atoms with van der Waals surface area (Å²) >= 11 is 5.91. The molecule has 0 saturated carbocycles. The number of benzene rings is 1. The highest BCUT2D eigenvalue weighted by molar-refractivity contribution is 6.30. The number of pyridine rings is 1. The van der Waals surface area contributed by atoms with Crippen molar-refractivity contribution in [1.82, 2.24) is 14.8 Å². The smallest absolute Gasteiger partial charge is 0.257 e. The Morgan fingerprint density at radius 3 is 2.61 bits per heavy atom. The lowest BCUT2D eigenvalue weighted by atomic mass is 10.2. The Balaban J connectivity index is 1.79. The van der Waals surface area contributed by atoms with Crippen LogP contribution in [0.25, 0.3) is 5.82 Å². The molecule has 1 N–H and O–H groups in total. The van der Waals surface area contributed by atoms with E-state index in [0.29, 0.717) is 22.1 Å². The second-order valence-corrected chi connectivity index (χ2v) is 5.64. The maximum Gasteiger partial charge on any atom is 0.257 e. The summed E-state index contributed by atoms with van der Waals surface area (Å²) in [6, 6.07) is 12.5. The van der Waals surface area contributed by atoms with Crippen molar-refractivity contribution in [1.29, 1.82) is 0 Å². The summed E-state index contributed by atoms with van der Waals surface area (Å²) in [6.45, 7) is 3.89. The minimum absolute atomic E-state index is 0.236. The van der Waals surface area contributed by atoms with Crippen molar-refractivity contribution in [2.75, 3.05) is 5.32 Å². The second-order valence-electron chi connectivity index (χ2n) is 5.21. The average Bonchev–Trinajstić information content (AvgIpc) is 2.86. The highest BCUT2D eigenvalue weighted by Crippen LogP contribution is 2.16. The topological polar surface area (TPSA) is 59.8 Å². The molecule has 1 amide bonds. The Hall–Kier alpha value is -2.66. The van der Waals surface area contributed by atoms with E-state index < -0.39 is 0 Å². The molecule has 1 aromatic carbocycles. The van der Waals surface area contributed by atoms with Crippen LogP contribution in [0.1, 0.15) is 21.7 Å². The lowest BCUT2D eigenvalue weighted by Crippen LogP contribution is -2.12. The first-order valence-corrected chi connectivity index (χ1v) is 7.47. The SMILES string of the molecule is Cc1cc(C)n(-c2ccc(C(=O)Nc3cccc(Cl)c3)cn2)n1. The summed E-state index contributed by atoms with van der Waals surface area (Å²) in [5, 5.41) is 7.73. The number of carbonyl (C=O) groups excluding carboxylic acids is 1. The van der Waals surface area contributed by atoms with E-state index >= 15 is 0 Å². The number of nitrogens with one attached hydrogen (secondary N) is 1. The molecular weight excluding hydrogens is 312 g/mol. The molecule has 0 atom stereocenters. The molecule has 0 radical (unpaired) electrons. The third-order valence-electron chi connectivity index (χ3n) is 3.32. The molecule has 3 aromatic rings. The van der Waals surface area contributed by atoms with E-state index in [9.17, 15) is 4.79 Å². The number of anilines is 1. The fourth-order valence-corrected chi connectivity index (χ4v) is 2.47. The van der Waals surface area contributed by atoms with E-state index in [2.05, 4.69) is 15.4 Å². The summed E-state index contributed by atoms with van der Waals surface area (Å²) in [5.74, 6) is 0.439. The van der Waals surface area contributed by atoms with Crippen LogP contribution in [0.5, 0.6) is 0 Å². The first-order chi connectivity index (χ1) is 11.0. The van der Waals surface area contributed by atoms with Crippen molar-refractivity contribution < 1.29 is 4.79 Å². The fourth-order valence-electron chi connectivity index (χ4n) is 2.28. The highest BCUT2D eigenvalue weighted by atomic mass is 35.5. The Morgan fingerprint density at radius 1 is 1.17 bits per heavy atom. The van der Waals surface area contributed by atoms with Gasteiger partial charge in [-0.2, -0.15) is 5.10 Å². The molecule has 0 aliphatic heterocycles. The Labute approximate surface area is 138 Å². The van der Waals surface area contributed by atoms with Gasteiger partial charge in [-0.05, 0) is 50.2 Å². The number of amides is 1. The third kappa shape index (κ3) is 3.40. The quantitative estimate of drug-likeness (QED) is 0.796. The van der Waals surface area contributed by atoms with E-state index in [1.54, 1.807) is 41.1 Å². The monoisotopic (exact) mass is 326 g/mol. The fraction of sp³-hybridized carbons (Fsp3) is 0.118. The third-order valence-corrected chi connectivity index (χ3v) is 3.55. The average molecular weight is 327 g/mol. The minimum atomic E-state index is -0.236. The summed E-state index contributed by atoms with van der Waals surface area (Å²) in [6.07, 6.45) is 1.53. The zero-order valence-corrected chi connectivity index (χ0v) is 13.5. The van der Waals surface area contributed by atoms with Crippen molar-refractivity contribution in [2.45, 2.75) is 13.8 Å². The molecule has 0 bridgehead atoms. The molecule has 6 heteroatoms. The molecule has 3 rings (SSSR count). The van der Waals surface area contributed by atoms with Gasteiger partial charge in [0, 0.05) is 22.6 Å². The van der Waals surface area contributed by atoms with Gasteiger partial charge in [0.15, 0.2) is 5.82 Å². The highest BCUT2D eigenvalue weighted by Gasteiger charge is 2.09. The Morgan fingerprint density at radius 2 is 2.00 bits per heavy atom. The van der Waals surface area contributed by atoms with Crippen LogP contribution in [0.15, 0.2) is 48.7 Å². The number of aryl methyl sites for hydroxylation is 2. The van der Waals surface area contributed by atoms with Crippen LogP contribution in [0.3, 0.4) is 0 Å². The van der Waals surface area contributed by atoms with Gasteiger partial charge in [-0.15, -0.1) is 0 Å². The van der Waals surface area contributed by atoms with Crippen LogP contribution in [0.4, 0.5) is 5.69 Å². The van der Waals surface area contributed by atoms with Crippen molar-refractivity contribution >= 4 is 23.2 Å². The van der Waals surface area contributed by atoms with Gasteiger partial charge in [0.2, 0.25) is 0 Å². The van der Waals surface area contributed by atoms with Crippen LogP contribution < -0.4 is 5.32 Å². The van der Waals surface area contributed by atoms with E-state index in [4.69, 9.17) is 11.6 Å².